The van der Waals surface area contributed by atoms with Crippen LogP contribution in [0.2, 0.25) is 0 Å². The van der Waals surface area contributed by atoms with Crippen LogP contribution in [0.15, 0.2) is 103 Å². The van der Waals surface area contributed by atoms with Gasteiger partial charge in [-0.05, 0) is 59.5 Å². The summed E-state index contributed by atoms with van der Waals surface area (Å²) in [6.45, 7) is -0.854. The first-order valence-electron chi connectivity index (χ1n) is 12.0. The molecule has 0 radical (unpaired) electrons. The molecule has 3 rings (SSSR count). The van der Waals surface area contributed by atoms with Gasteiger partial charge >= 0.3 is 5.97 Å². The molecule has 0 aromatic heterocycles. The Hall–Kier alpha value is -2.43. The molecule has 0 atom stereocenters. The van der Waals surface area contributed by atoms with Crippen molar-refractivity contribution in [2.75, 3.05) is 11.0 Å². The quantitative estimate of drug-likeness (QED) is 0.0501. The molecule has 0 spiro atoms. The van der Waals surface area contributed by atoms with Crippen LogP contribution in [-0.4, -0.2) is 28.1 Å². The minimum atomic E-state index is -2.83. The maximum Gasteiger partial charge on any atom is 0.343 e. The van der Waals surface area contributed by atoms with Gasteiger partial charge in [0.15, 0.2) is 5.78 Å². The van der Waals surface area contributed by atoms with Crippen LogP contribution in [0.4, 0.5) is 0 Å². The molecule has 0 amide bonds. The lowest BCUT2D eigenvalue weighted by Crippen LogP contribution is -2.37. The van der Waals surface area contributed by atoms with E-state index in [0.717, 1.165) is 39.6 Å². The molecule has 0 saturated heterocycles. The van der Waals surface area contributed by atoms with Crippen molar-refractivity contribution in [2.24, 2.45) is 0 Å². The molecular formula is C30H32IO3P. The van der Waals surface area contributed by atoms with Gasteiger partial charge in [-0.15, -0.1) is 0 Å². The smallest absolute Gasteiger partial charge is 0.343 e. The Morgan fingerprint density at radius 1 is 0.771 bits per heavy atom. The molecule has 3 aromatic carbocycles. The topological polar surface area (TPSA) is 43.4 Å². The molecule has 3 aromatic rings. The van der Waals surface area contributed by atoms with E-state index in [2.05, 4.69) is 22.6 Å². The van der Waals surface area contributed by atoms with Crippen molar-refractivity contribution in [3.8, 4) is 0 Å². The van der Waals surface area contributed by atoms with Crippen molar-refractivity contribution < 1.29 is 14.3 Å². The first-order valence-corrected chi connectivity index (χ1v) is 15.3. The SMILES string of the molecule is CCOC(=O)C(C(=O)/C=C/CCCCCI)=P(c1ccccc1)(c1ccccc1)c1ccccc1. The van der Waals surface area contributed by atoms with Crippen LogP contribution in [0.25, 0.3) is 0 Å². The Balaban J connectivity index is 2.35. The number of hydrogen-bond acceptors (Lipinski definition) is 3. The van der Waals surface area contributed by atoms with Gasteiger partial charge in [-0.1, -0.05) is 126 Å². The number of ketones is 1. The Kier molecular flexibility index (Phi) is 11.0. The van der Waals surface area contributed by atoms with E-state index in [4.69, 9.17) is 4.74 Å². The van der Waals surface area contributed by atoms with E-state index < -0.39 is 12.9 Å². The summed E-state index contributed by atoms with van der Waals surface area (Å²) in [4.78, 5) is 27.6. The van der Waals surface area contributed by atoms with Gasteiger partial charge in [0.1, 0.15) is 5.29 Å². The summed E-state index contributed by atoms with van der Waals surface area (Å²) in [5.74, 6) is -0.820. The fraction of sp³-hybridized carbons (Fsp3) is 0.233. The van der Waals surface area contributed by atoms with E-state index >= 15 is 0 Å². The summed E-state index contributed by atoms with van der Waals surface area (Å²) in [5.41, 5.74) is 0. The maximum absolute atomic E-state index is 13.9. The zero-order chi connectivity index (χ0) is 24.9. The van der Waals surface area contributed by atoms with Gasteiger partial charge in [-0.3, -0.25) is 4.79 Å². The predicted octanol–water partition coefficient (Wildman–Crippen LogP) is 5.84. The largest absolute Gasteiger partial charge is 0.462 e. The van der Waals surface area contributed by atoms with E-state index in [0.29, 0.717) is 0 Å². The molecule has 0 aliphatic carbocycles. The van der Waals surface area contributed by atoms with Crippen LogP contribution in [0.5, 0.6) is 0 Å². The number of esters is 1. The molecule has 0 saturated carbocycles. The summed E-state index contributed by atoms with van der Waals surface area (Å²) in [6.07, 6.45) is 7.63. The lowest BCUT2D eigenvalue weighted by molar-refractivity contribution is -0.135. The number of ether oxygens (including phenoxy) is 1. The van der Waals surface area contributed by atoms with E-state index in [1.807, 2.05) is 97.1 Å². The zero-order valence-electron chi connectivity index (χ0n) is 20.1. The Morgan fingerprint density at radius 2 is 1.26 bits per heavy atom. The van der Waals surface area contributed by atoms with Crippen molar-refractivity contribution in [3.05, 3.63) is 103 Å². The highest BCUT2D eigenvalue weighted by atomic mass is 127. The normalized spacial score (nSPS) is 11.4. The number of allylic oxidation sites excluding steroid dienone is 2. The molecule has 0 aliphatic heterocycles. The van der Waals surface area contributed by atoms with Crippen LogP contribution in [0.3, 0.4) is 0 Å². The van der Waals surface area contributed by atoms with Crippen LogP contribution in [0, 0.1) is 0 Å². The van der Waals surface area contributed by atoms with Crippen molar-refractivity contribution in [1.82, 2.24) is 0 Å². The molecule has 0 N–H and O–H groups in total. The highest BCUT2D eigenvalue weighted by Crippen LogP contribution is 2.46. The summed E-state index contributed by atoms with van der Waals surface area (Å²) < 4.78 is 6.69. The number of benzene rings is 3. The van der Waals surface area contributed by atoms with Crippen LogP contribution >= 0.6 is 29.5 Å². The van der Waals surface area contributed by atoms with Crippen LogP contribution in [0.1, 0.15) is 32.6 Å². The molecule has 35 heavy (non-hydrogen) atoms. The minimum Gasteiger partial charge on any atom is -0.462 e. The zero-order valence-corrected chi connectivity index (χ0v) is 23.2. The average molecular weight is 598 g/mol. The van der Waals surface area contributed by atoms with Crippen molar-refractivity contribution >= 4 is 62.4 Å². The minimum absolute atomic E-state index is 0.202. The van der Waals surface area contributed by atoms with E-state index in [9.17, 15) is 9.59 Å². The number of unbranched alkanes of at least 4 members (excludes halogenated alkanes) is 3. The number of halogens is 1. The maximum atomic E-state index is 13.9. The lowest BCUT2D eigenvalue weighted by atomic mass is 10.2. The summed E-state index contributed by atoms with van der Waals surface area (Å²) in [6, 6.07) is 29.8. The van der Waals surface area contributed by atoms with Gasteiger partial charge in [0, 0.05) is 0 Å². The van der Waals surface area contributed by atoms with E-state index in [1.165, 1.54) is 6.42 Å². The predicted molar refractivity (Wildman–Crippen MR) is 158 cm³/mol. The first kappa shape index (κ1) is 27.2. The highest BCUT2D eigenvalue weighted by molar-refractivity contribution is 14.1. The molecule has 0 fully saturated rings. The van der Waals surface area contributed by atoms with Crippen LogP contribution < -0.4 is 15.9 Å². The molecule has 3 nitrogen and oxygen atoms in total. The second kappa shape index (κ2) is 14.2. The monoisotopic (exact) mass is 598 g/mol. The van der Waals surface area contributed by atoms with Gasteiger partial charge in [-0.25, -0.2) is 4.79 Å². The van der Waals surface area contributed by atoms with Gasteiger partial charge in [0.25, 0.3) is 0 Å². The third-order valence-electron chi connectivity index (χ3n) is 5.74. The highest BCUT2D eigenvalue weighted by Gasteiger charge is 2.36. The number of rotatable bonds is 12. The molecule has 0 aliphatic rings. The Labute approximate surface area is 222 Å². The van der Waals surface area contributed by atoms with Gasteiger partial charge in [0.05, 0.1) is 6.61 Å². The average Bonchev–Trinajstić information content (AvgIpc) is 2.90. The Bertz CT molecular complexity index is 1070. The molecular weight excluding hydrogens is 566 g/mol. The van der Waals surface area contributed by atoms with Crippen LogP contribution in [-0.2, 0) is 14.3 Å². The summed E-state index contributed by atoms with van der Waals surface area (Å²) >= 11 is 2.38. The Morgan fingerprint density at radius 3 is 1.69 bits per heavy atom. The van der Waals surface area contributed by atoms with Gasteiger partial charge < -0.3 is 4.74 Å². The van der Waals surface area contributed by atoms with Crippen molar-refractivity contribution in [3.63, 3.8) is 0 Å². The number of hydrogen-bond donors (Lipinski definition) is 0. The third-order valence-corrected chi connectivity index (χ3v) is 10.8. The first-order chi connectivity index (χ1) is 17.2. The molecule has 182 valence electrons. The summed E-state index contributed by atoms with van der Waals surface area (Å²) in [5, 5.41) is 3.06. The number of alkyl halides is 1. The van der Waals surface area contributed by atoms with Gasteiger partial charge in [-0.2, -0.15) is 0 Å². The van der Waals surface area contributed by atoms with Crippen molar-refractivity contribution in [1.29, 1.82) is 0 Å². The second-order valence-electron chi connectivity index (χ2n) is 8.05. The second-order valence-corrected chi connectivity index (χ2v) is 12.5. The van der Waals surface area contributed by atoms with Gasteiger partial charge in [0.2, 0.25) is 0 Å². The standard InChI is InChI=1S/C30H32IO3P/c1-2-34-30(33)29(28(32)23-15-4-3-5-16-24-31)35(25-17-9-6-10-18-25,26-19-11-7-12-20-26)27-21-13-8-14-22-27/h6-15,17-23H,2-5,16,24H2,1H3/b23-15+. The van der Waals surface area contributed by atoms with Crippen molar-refractivity contribution in [2.45, 2.75) is 32.6 Å². The summed E-state index contributed by atoms with van der Waals surface area (Å²) in [7, 11) is 0. The van der Waals surface area contributed by atoms with E-state index in [-0.39, 0.29) is 17.7 Å². The fourth-order valence-electron chi connectivity index (χ4n) is 4.19. The number of carbonyl (C=O) groups excluding carboxylic acids is 2. The number of carbonyl (C=O) groups is 2. The third kappa shape index (κ3) is 6.62. The molecule has 0 bridgehead atoms. The fourth-order valence-corrected chi connectivity index (χ4v) is 9.00. The molecule has 0 heterocycles. The van der Waals surface area contributed by atoms with E-state index in [1.54, 1.807) is 13.0 Å². The molecule has 0 unspecified atom stereocenters. The lowest BCUT2D eigenvalue weighted by Gasteiger charge is -2.31. The molecule has 5 heteroatoms.